The fourth-order valence-corrected chi connectivity index (χ4v) is 2.02. The second kappa shape index (κ2) is 7.70. The molecule has 2 aromatic rings. The summed E-state index contributed by atoms with van der Waals surface area (Å²) in [5.74, 6) is 0.330. The third kappa shape index (κ3) is 4.50. The molecule has 3 nitrogen and oxygen atoms in total. The number of rotatable bonds is 6. The number of carbonyl (C=O) groups excluding carboxylic acids is 1. The number of unbranched alkanes of at least 4 members (excludes halogenated alkanes) is 1. The fourth-order valence-electron chi connectivity index (χ4n) is 1.85. The monoisotopic (exact) mass is 303 g/mol. The van der Waals surface area contributed by atoms with Crippen LogP contribution in [0, 0.1) is 0 Å². The van der Waals surface area contributed by atoms with Crippen LogP contribution in [-0.2, 0) is 0 Å². The smallest absolute Gasteiger partial charge is 0.259 e. The van der Waals surface area contributed by atoms with Gasteiger partial charge in [0.15, 0.2) is 0 Å². The molecule has 1 N–H and O–H groups in total. The summed E-state index contributed by atoms with van der Waals surface area (Å²) in [5.41, 5.74) is 1.18. The Morgan fingerprint density at radius 2 is 1.95 bits per heavy atom. The summed E-state index contributed by atoms with van der Waals surface area (Å²) in [6, 6.07) is 14.4. The van der Waals surface area contributed by atoms with Gasteiger partial charge in [-0.3, -0.25) is 4.79 Å². The number of para-hydroxylation sites is 1. The van der Waals surface area contributed by atoms with Gasteiger partial charge in [0, 0.05) is 10.7 Å². The fraction of sp³-hybridized carbons (Fsp3) is 0.235. The summed E-state index contributed by atoms with van der Waals surface area (Å²) >= 11 is 5.99. The summed E-state index contributed by atoms with van der Waals surface area (Å²) in [5, 5.41) is 3.35. The molecular formula is C17H18ClNO2. The number of ether oxygens (including phenoxy) is 1. The van der Waals surface area contributed by atoms with Crippen molar-refractivity contribution in [3.05, 3.63) is 59.1 Å². The van der Waals surface area contributed by atoms with Gasteiger partial charge in [0.2, 0.25) is 0 Å². The first kappa shape index (κ1) is 15.4. The van der Waals surface area contributed by atoms with Crippen molar-refractivity contribution in [1.82, 2.24) is 0 Å². The maximum Gasteiger partial charge on any atom is 0.259 e. The molecule has 4 heteroatoms. The molecule has 21 heavy (non-hydrogen) atoms. The van der Waals surface area contributed by atoms with Crippen LogP contribution in [0.15, 0.2) is 48.5 Å². The lowest BCUT2D eigenvalue weighted by atomic mass is 10.1. The second-order valence-electron chi connectivity index (χ2n) is 4.66. The van der Waals surface area contributed by atoms with Crippen molar-refractivity contribution in [3.63, 3.8) is 0 Å². The summed E-state index contributed by atoms with van der Waals surface area (Å²) < 4.78 is 5.67. The molecule has 0 atom stereocenters. The van der Waals surface area contributed by atoms with E-state index in [2.05, 4.69) is 12.2 Å². The third-order valence-corrected chi connectivity index (χ3v) is 3.21. The Kier molecular flexibility index (Phi) is 5.64. The number of hydrogen-bond acceptors (Lipinski definition) is 2. The Balaban J connectivity index is 2.16. The minimum atomic E-state index is -0.227. The second-order valence-corrected chi connectivity index (χ2v) is 5.10. The van der Waals surface area contributed by atoms with E-state index in [1.807, 2.05) is 30.3 Å². The number of carbonyl (C=O) groups is 1. The molecule has 2 aromatic carbocycles. The van der Waals surface area contributed by atoms with E-state index in [0.717, 1.165) is 18.5 Å². The van der Waals surface area contributed by atoms with Gasteiger partial charge >= 0.3 is 0 Å². The molecule has 110 valence electrons. The van der Waals surface area contributed by atoms with Crippen LogP contribution >= 0.6 is 11.6 Å². The van der Waals surface area contributed by atoms with E-state index in [4.69, 9.17) is 16.3 Å². The van der Waals surface area contributed by atoms with Crippen LogP contribution in [0.3, 0.4) is 0 Å². The Hall–Kier alpha value is -2.00. The highest BCUT2D eigenvalue weighted by atomic mass is 35.5. The molecule has 0 saturated heterocycles. The van der Waals surface area contributed by atoms with Gasteiger partial charge in [-0.25, -0.2) is 0 Å². The van der Waals surface area contributed by atoms with Crippen molar-refractivity contribution in [2.75, 3.05) is 11.9 Å². The van der Waals surface area contributed by atoms with Crippen molar-refractivity contribution >= 4 is 23.2 Å². The van der Waals surface area contributed by atoms with Crippen molar-refractivity contribution in [1.29, 1.82) is 0 Å². The SMILES string of the molecule is CCCCOc1ccc(Cl)cc1C(=O)Nc1ccccc1. The van der Waals surface area contributed by atoms with Crippen molar-refractivity contribution in [3.8, 4) is 5.75 Å². The lowest BCUT2D eigenvalue weighted by Crippen LogP contribution is -2.14. The number of benzene rings is 2. The van der Waals surface area contributed by atoms with Gasteiger partial charge in [0.25, 0.3) is 5.91 Å². The summed E-state index contributed by atoms with van der Waals surface area (Å²) in [6.45, 7) is 2.68. The molecule has 0 bridgehead atoms. The Labute approximate surface area is 129 Å². The van der Waals surface area contributed by atoms with Crippen molar-refractivity contribution in [2.45, 2.75) is 19.8 Å². The van der Waals surface area contributed by atoms with E-state index < -0.39 is 0 Å². The molecule has 2 rings (SSSR count). The van der Waals surface area contributed by atoms with E-state index in [9.17, 15) is 4.79 Å². The first-order valence-corrected chi connectivity index (χ1v) is 7.37. The predicted molar refractivity (Wildman–Crippen MR) is 86.3 cm³/mol. The number of halogens is 1. The first-order valence-electron chi connectivity index (χ1n) is 6.99. The zero-order chi connectivity index (χ0) is 15.1. The lowest BCUT2D eigenvalue weighted by Gasteiger charge is -2.12. The van der Waals surface area contributed by atoms with Gasteiger partial charge in [0.05, 0.1) is 12.2 Å². The highest BCUT2D eigenvalue weighted by Gasteiger charge is 2.13. The van der Waals surface area contributed by atoms with Crippen LogP contribution in [0.2, 0.25) is 5.02 Å². The Morgan fingerprint density at radius 1 is 1.19 bits per heavy atom. The van der Waals surface area contributed by atoms with Gasteiger partial charge in [-0.1, -0.05) is 43.1 Å². The molecule has 0 aliphatic rings. The molecule has 0 heterocycles. The highest BCUT2D eigenvalue weighted by molar-refractivity contribution is 6.31. The maximum atomic E-state index is 12.4. The third-order valence-electron chi connectivity index (χ3n) is 2.97. The molecule has 0 aliphatic carbocycles. The van der Waals surface area contributed by atoms with Crippen LogP contribution < -0.4 is 10.1 Å². The van der Waals surface area contributed by atoms with Crippen LogP contribution in [0.4, 0.5) is 5.69 Å². The molecule has 1 amide bonds. The quantitative estimate of drug-likeness (QED) is 0.781. The molecule has 0 spiro atoms. The van der Waals surface area contributed by atoms with Gasteiger partial charge in [0.1, 0.15) is 5.75 Å². The standard InChI is InChI=1S/C17H18ClNO2/c1-2-3-11-21-16-10-9-13(18)12-15(16)17(20)19-14-7-5-4-6-8-14/h4-10,12H,2-3,11H2,1H3,(H,19,20). The average molecular weight is 304 g/mol. The van der Waals surface area contributed by atoms with Crippen molar-refractivity contribution < 1.29 is 9.53 Å². The molecule has 0 aromatic heterocycles. The van der Waals surface area contributed by atoms with Gasteiger partial charge in [-0.05, 0) is 36.8 Å². The average Bonchev–Trinajstić information content (AvgIpc) is 2.50. The van der Waals surface area contributed by atoms with Crippen LogP contribution in [0.5, 0.6) is 5.75 Å². The Morgan fingerprint density at radius 3 is 2.67 bits per heavy atom. The van der Waals surface area contributed by atoms with Crippen LogP contribution in [-0.4, -0.2) is 12.5 Å². The maximum absolute atomic E-state index is 12.4. The van der Waals surface area contributed by atoms with E-state index in [0.29, 0.717) is 22.9 Å². The molecule has 0 saturated carbocycles. The number of hydrogen-bond donors (Lipinski definition) is 1. The molecule has 0 radical (unpaired) electrons. The summed E-state index contributed by atoms with van der Waals surface area (Å²) in [7, 11) is 0. The first-order chi connectivity index (χ1) is 10.2. The minimum absolute atomic E-state index is 0.227. The van der Waals surface area contributed by atoms with Gasteiger partial charge in [-0.2, -0.15) is 0 Å². The zero-order valence-corrected chi connectivity index (χ0v) is 12.7. The van der Waals surface area contributed by atoms with Crippen LogP contribution in [0.25, 0.3) is 0 Å². The summed E-state index contributed by atoms with van der Waals surface area (Å²) in [6.07, 6.45) is 1.99. The van der Waals surface area contributed by atoms with E-state index in [1.54, 1.807) is 18.2 Å². The van der Waals surface area contributed by atoms with E-state index in [-0.39, 0.29) is 5.91 Å². The topological polar surface area (TPSA) is 38.3 Å². The normalized spacial score (nSPS) is 10.2. The van der Waals surface area contributed by atoms with Crippen LogP contribution in [0.1, 0.15) is 30.1 Å². The highest BCUT2D eigenvalue weighted by Crippen LogP contribution is 2.24. The van der Waals surface area contributed by atoms with E-state index in [1.165, 1.54) is 0 Å². The lowest BCUT2D eigenvalue weighted by molar-refractivity contribution is 0.102. The van der Waals surface area contributed by atoms with E-state index >= 15 is 0 Å². The molecule has 0 aliphatic heterocycles. The molecule has 0 unspecified atom stereocenters. The largest absolute Gasteiger partial charge is 0.493 e. The van der Waals surface area contributed by atoms with Crippen molar-refractivity contribution in [2.24, 2.45) is 0 Å². The number of amides is 1. The van der Waals surface area contributed by atoms with Gasteiger partial charge < -0.3 is 10.1 Å². The number of anilines is 1. The molecular weight excluding hydrogens is 286 g/mol. The number of nitrogens with one attached hydrogen (secondary N) is 1. The Bertz CT molecular complexity index is 599. The zero-order valence-electron chi connectivity index (χ0n) is 11.9. The minimum Gasteiger partial charge on any atom is -0.493 e. The summed E-state index contributed by atoms with van der Waals surface area (Å²) in [4.78, 5) is 12.4. The van der Waals surface area contributed by atoms with Gasteiger partial charge in [-0.15, -0.1) is 0 Å². The molecule has 0 fully saturated rings. The predicted octanol–water partition coefficient (Wildman–Crippen LogP) is 4.77.